The zero-order valence-corrected chi connectivity index (χ0v) is 22.2. The van der Waals surface area contributed by atoms with Gasteiger partial charge >= 0.3 is 0 Å². The van der Waals surface area contributed by atoms with Crippen LogP contribution in [0.4, 0.5) is 5.13 Å². The standard InChI is InChI=1S/C26H26ClN3O4S.ClH/c1-32-22-9-8-21(27)25-24(22)28-26(35-25)30(11-10-29-12-14-33-15-13-29)23(31)17-34-20-7-6-18-4-2-3-5-19(18)16-20;/h2-9,16H,10-15,17H2,1H3;1H. The molecule has 0 N–H and O–H groups in total. The molecule has 5 rings (SSSR count). The molecule has 190 valence electrons. The number of hydrogen-bond donors (Lipinski definition) is 0. The molecular formula is C26H27Cl2N3O4S. The minimum absolute atomic E-state index is 0. The summed E-state index contributed by atoms with van der Waals surface area (Å²) < 4.78 is 17.6. The summed E-state index contributed by atoms with van der Waals surface area (Å²) in [6.07, 6.45) is 0. The van der Waals surface area contributed by atoms with Gasteiger partial charge < -0.3 is 14.2 Å². The van der Waals surface area contributed by atoms with Crippen molar-refractivity contribution in [1.82, 2.24) is 9.88 Å². The van der Waals surface area contributed by atoms with E-state index in [0.717, 1.165) is 28.6 Å². The van der Waals surface area contributed by atoms with Crippen molar-refractivity contribution < 1.29 is 19.0 Å². The van der Waals surface area contributed by atoms with Gasteiger partial charge in [-0.2, -0.15) is 0 Å². The van der Waals surface area contributed by atoms with Gasteiger partial charge in [0.1, 0.15) is 17.0 Å². The maximum Gasteiger partial charge on any atom is 0.266 e. The molecule has 0 radical (unpaired) electrons. The first-order chi connectivity index (χ1) is 17.1. The van der Waals surface area contributed by atoms with Crippen molar-refractivity contribution >= 4 is 67.4 Å². The van der Waals surface area contributed by atoms with Gasteiger partial charge in [-0.1, -0.05) is 53.3 Å². The van der Waals surface area contributed by atoms with Crippen LogP contribution in [0.2, 0.25) is 5.02 Å². The van der Waals surface area contributed by atoms with Crippen LogP contribution in [0.15, 0.2) is 54.6 Å². The molecule has 0 spiro atoms. The SMILES string of the molecule is COc1ccc(Cl)c2sc(N(CCN3CCOCC3)C(=O)COc3ccc4ccccc4c3)nc12.Cl. The second-order valence-corrected chi connectivity index (χ2v) is 9.61. The number of anilines is 1. The summed E-state index contributed by atoms with van der Waals surface area (Å²) in [6.45, 7) is 4.19. The first kappa shape index (κ1) is 26.4. The Bertz CT molecular complexity index is 1340. The molecular weight excluding hydrogens is 521 g/mol. The van der Waals surface area contributed by atoms with Crippen molar-refractivity contribution in [3.63, 3.8) is 0 Å². The third-order valence-corrected chi connectivity index (χ3v) is 7.56. The lowest BCUT2D eigenvalue weighted by Crippen LogP contribution is -2.44. The van der Waals surface area contributed by atoms with Gasteiger partial charge in [0.2, 0.25) is 0 Å². The molecule has 1 saturated heterocycles. The third-order valence-electron chi connectivity index (χ3n) is 6.03. The van der Waals surface area contributed by atoms with Crippen molar-refractivity contribution in [2.45, 2.75) is 0 Å². The van der Waals surface area contributed by atoms with E-state index >= 15 is 0 Å². The predicted octanol–water partition coefficient (Wildman–Crippen LogP) is 5.28. The summed E-state index contributed by atoms with van der Waals surface area (Å²) >= 11 is 7.82. The predicted molar refractivity (Wildman–Crippen MR) is 147 cm³/mol. The number of rotatable bonds is 8. The van der Waals surface area contributed by atoms with Crippen LogP contribution in [-0.4, -0.2) is 68.9 Å². The summed E-state index contributed by atoms with van der Waals surface area (Å²) in [5, 5.41) is 3.34. The van der Waals surface area contributed by atoms with Crippen LogP contribution in [0, 0.1) is 0 Å². The molecule has 0 aliphatic carbocycles. The minimum atomic E-state index is -0.166. The van der Waals surface area contributed by atoms with Gasteiger partial charge in [-0.15, -0.1) is 12.4 Å². The molecule has 1 amide bonds. The highest BCUT2D eigenvalue weighted by Gasteiger charge is 2.24. The molecule has 0 atom stereocenters. The molecule has 1 fully saturated rings. The summed E-state index contributed by atoms with van der Waals surface area (Å²) in [5.41, 5.74) is 0.652. The zero-order valence-electron chi connectivity index (χ0n) is 19.8. The van der Waals surface area contributed by atoms with Gasteiger partial charge in [-0.25, -0.2) is 4.98 Å². The summed E-state index contributed by atoms with van der Waals surface area (Å²) in [4.78, 5) is 22.1. The summed E-state index contributed by atoms with van der Waals surface area (Å²) in [6, 6.07) is 17.5. The number of morpholine rings is 1. The van der Waals surface area contributed by atoms with Crippen LogP contribution in [0.25, 0.3) is 21.0 Å². The Kier molecular flexibility index (Phi) is 8.87. The Morgan fingerprint density at radius 3 is 2.69 bits per heavy atom. The van der Waals surface area contributed by atoms with E-state index in [1.807, 2.05) is 42.5 Å². The van der Waals surface area contributed by atoms with Gasteiger partial charge in [-0.3, -0.25) is 14.6 Å². The first-order valence-corrected chi connectivity index (χ1v) is 12.7. The van der Waals surface area contributed by atoms with Crippen LogP contribution in [0.3, 0.4) is 0 Å². The van der Waals surface area contributed by atoms with E-state index in [-0.39, 0.29) is 24.9 Å². The average molecular weight is 548 g/mol. The molecule has 1 aliphatic rings. The third kappa shape index (κ3) is 5.85. The zero-order chi connectivity index (χ0) is 24.2. The quantitative estimate of drug-likeness (QED) is 0.299. The van der Waals surface area contributed by atoms with Crippen LogP contribution < -0.4 is 14.4 Å². The van der Waals surface area contributed by atoms with Crippen LogP contribution in [0.1, 0.15) is 0 Å². The number of methoxy groups -OCH3 is 1. The van der Waals surface area contributed by atoms with Crippen molar-refractivity contribution in [2.75, 3.05) is 58.0 Å². The topological polar surface area (TPSA) is 64.1 Å². The maximum absolute atomic E-state index is 13.4. The van der Waals surface area contributed by atoms with E-state index in [1.54, 1.807) is 24.1 Å². The fourth-order valence-electron chi connectivity index (χ4n) is 4.09. The summed E-state index contributed by atoms with van der Waals surface area (Å²) in [5.74, 6) is 1.11. The van der Waals surface area contributed by atoms with Crippen LogP contribution in [-0.2, 0) is 9.53 Å². The number of halogens is 2. The van der Waals surface area contributed by atoms with Gasteiger partial charge in [0.25, 0.3) is 5.91 Å². The molecule has 0 saturated carbocycles. The number of carbonyl (C=O) groups is 1. The van der Waals surface area contributed by atoms with E-state index in [0.29, 0.717) is 53.5 Å². The molecule has 0 unspecified atom stereocenters. The lowest BCUT2D eigenvalue weighted by molar-refractivity contribution is -0.120. The van der Waals surface area contributed by atoms with Gasteiger partial charge in [0, 0.05) is 26.2 Å². The molecule has 2 heterocycles. The number of thiazole rings is 1. The minimum Gasteiger partial charge on any atom is -0.494 e. The largest absolute Gasteiger partial charge is 0.494 e. The van der Waals surface area contributed by atoms with Crippen molar-refractivity contribution in [3.8, 4) is 11.5 Å². The fourth-order valence-corrected chi connectivity index (χ4v) is 5.39. The van der Waals surface area contributed by atoms with Crippen molar-refractivity contribution in [3.05, 3.63) is 59.6 Å². The van der Waals surface area contributed by atoms with Crippen molar-refractivity contribution in [1.29, 1.82) is 0 Å². The number of hydrogen-bond acceptors (Lipinski definition) is 7. The highest BCUT2D eigenvalue weighted by Crippen LogP contribution is 2.38. The fraction of sp³-hybridized carbons (Fsp3) is 0.308. The monoisotopic (exact) mass is 547 g/mol. The highest BCUT2D eigenvalue weighted by molar-refractivity contribution is 7.23. The van der Waals surface area contributed by atoms with E-state index < -0.39 is 0 Å². The first-order valence-electron chi connectivity index (χ1n) is 11.5. The van der Waals surface area contributed by atoms with E-state index in [1.165, 1.54) is 11.3 Å². The smallest absolute Gasteiger partial charge is 0.266 e. The Morgan fingerprint density at radius 2 is 1.92 bits per heavy atom. The Labute approximate surface area is 224 Å². The van der Waals surface area contributed by atoms with Crippen LogP contribution in [0.5, 0.6) is 11.5 Å². The van der Waals surface area contributed by atoms with E-state index in [9.17, 15) is 4.79 Å². The number of nitrogens with zero attached hydrogens (tertiary/aromatic N) is 3. The molecule has 1 aliphatic heterocycles. The van der Waals surface area contributed by atoms with Gasteiger partial charge in [-0.05, 0) is 35.0 Å². The number of carbonyl (C=O) groups excluding carboxylic acids is 1. The Balaban J connectivity index is 0.00000304. The molecule has 1 aromatic heterocycles. The molecule has 10 heteroatoms. The van der Waals surface area contributed by atoms with Gasteiger partial charge in [0.15, 0.2) is 11.7 Å². The van der Waals surface area contributed by atoms with Crippen LogP contribution >= 0.6 is 35.3 Å². The Hall–Kier alpha value is -2.62. The lowest BCUT2D eigenvalue weighted by Gasteiger charge is -2.29. The second-order valence-electron chi connectivity index (χ2n) is 8.22. The van der Waals surface area contributed by atoms with Gasteiger partial charge in [0.05, 0.1) is 30.0 Å². The number of aromatic nitrogens is 1. The molecule has 7 nitrogen and oxygen atoms in total. The highest BCUT2D eigenvalue weighted by atomic mass is 35.5. The lowest BCUT2D eigenvalue weighted by atomic mass is 10.1. The van der Waals surface area contributed by atoms with Crippen molar-refractivity contribution in [2.24, 2.45) is 0 Å². The molecule has 4 aromatic rings. The number of fused-ring (bicyclic) bond motifs is 2. The van der Waals surface area contributed by atoms with E-state index in [2.05, 4.69) is 4.90 Å². The molecule has 0 bridgehead atoms. The average Bonchev–Trinajstić information content (AvgIpc) is 3.34. The number of ether oxygens (including phenoxy) is 3. The molecule has 3 aromatic carbocycles. The maximum atomic E-state index is 13.4. The molecule has 36 heavy (non-hydrogen) atoms. The second kappa shape index (κ2) is 12.1. The summed E-state index contributed by atoms with van der Waals surface area (Å²) in [7, 11) is 1.60. The number of amides is 1. The van der Waals surface area contributed by atoms with E-state index in [4.69, 9.17) is 30.8 Å². The normalized spacial score (nSPS) is 13.9. The number of benzene rings is 3. The Morgan fingerprint density at radius 1 is 1.14 bits per heavy atom.